The van der Waals surface area contributed by atoms with E-state index in [0.717, 1.165) is 19.4 Å². The molecular weight excluding hydrogens is 138 g/mol. The van der Waals surface area contributed by atoms with Crippen LogP contribution in [0.2, 0.25) is 0 Å². The maximum absolute atomic E-state index is 8.65. The highest BCUT2D eigenvalue weighted by Crippen LogP contribution is 2.22. The smallest absolute Gasteiger partial charge is 0.0431 e. The van der Waals surface area contributed by atoms with Crippen LogP contribution in [0.1, 0.15) is 26.7 Å². The van der Waals surface area contributed by atoms with Crippen LogP contribution < -0.4 is 0 Å². The molecule has 0 aliphatic carbocycles. The van der Waals surface area contributed by atoms with E-state index in [4.69, 9.17) is 5.11 Å². The Hall–Kier alpha value is -0.0800. The highest BCUT2D eigenvalue weighted by atomic mass is 16.2. The van der Waals surface area contributed by atoms with E-state index >= 15 is 0 Å². The van der Waals surface area contributed by atoms with E-state index in [1.165, 1.54) is 0 Å². The molecule has 0 heterocycles. The normalized spacial score (nSPS) is 12.5. The second-order valence-corrected chi connectivity index (χ2v) is 4.23. The number of hydrogen-bond donors (Lipinski definition) is 1. The molecule has 0 radical (unpaired) electrons. The fourth-order valence-electron chi connectivity index (χ4n) is 1.49. The van der Waals surface area contributed by atoms with Gasteiger partial charge in [-0.15, -0.1) is 0 Å². The molecule has 0 saturated heterocycles. The Labute approximate surface area is 70.2 Å². The summed E-state index contributed by atoms with van der Waals surface area (Å²) in [5.74, 6) is 0. The van der Waals surface area contributed by atoms with Crippen molar-refractivity contribution < 1.29 is 5.11 Å². The minimum absolute atomic E-state index is 0.316. The molecule has 2 nitrogen and oxygen atoms in total. The molecule has 0 aromatic heterocycles. The van der Waals surface area contributed by atoms with Gasteiger partial charge in [0.1, 0.15) is 0 Å². The first kappa shape index (κ1) is 10.9. The molecule has 0 unspecified atom stereocenters. The average Bonchev–Trinajstić information content (AvgIpc) is 1.81. The van der Waals surface area contributed by atoms with Crippen molar-refractivity contribution in [1.29, 1.82) is 0 Å². The summed E-state index contributed by atoms with van der Waals surface area (Å²) in [6.07, 6.45) is 2.02. The molecule has 0 aliphatic heterocycles. The van der Waals surface area contributed by atoms with Gasteiger partial charge < -0.3 is 10.0 Å². The topological polar surface area (TPSA) is 23.5 Å². The van der Waals surface area contributed by atoms with Gasteiger partial charge >= 0.3 is 0 Å². The minimum Gasteiger partial charge on any atom is -0.396 e. The lowest BCUT2D eigenvalue weighted by atomic mass is 9.87. The number of hydrogen-bond acceptors (Lipinski definition) is 2. The van der Waals surface area contributed by atoms with E-state index in [1.54, 1.807) is 0 Å². The Morgan fingerprint density at radius 2 is 1.82 bits per heavy atom. The molecule has 68 valence electrons. The summed E-state index contributed by atoms with van der Waals surface area (Å²) in [4.78, 5) is 2.19. The van der Waals surface area contributed by atoms with Gasteiger partial charge in [-0.05, 0) is 32.4 Å². The van der Waals surface area contributed by atoms with Crippen LogP contribution in [0.15, 0.2) is 0 Å². The fourth-order valence-corrected chi connectivity index (χ4v) is 1.49. The Balaban J connectivity index is 3.61. The maximum Gasteiger partial charge on any atom is 0.0431 e. The molecule has 0 saturated carbocycles. The minimum atomic E-state index is 0.316. The van der Waals surface area contributed by atoms with Crippen molar-refractivity contribution in [2.24, 2.45) is 5.41 Å². The molecule has 0 rings (SSSR count). The first-order valence-corrected chi connectivity index (χ1v) is 4.23. The van der Waals surface area contributed by atoms with Crippen molar-refractivity contribution in [3.05, 3.63) is 0 Å². The van der Waals surface area contributed by atoms with Crippen molar-refractivity contribution >= 4 is 0 Å². The Kier molecular flexibility index (Phi) is 4.69. The van der Waals surface area contributed by atoms with Gasteiger partial charge in [0, 0.05) is 13.2 Å². The van der Waals surface area contributed by atoms with E-state index in [0.29, 0.717) is 12.0 Å². The summed E-state index contributed by atoms with van der Waals surface area (Å²) in [5, 5.41) is 8.65. The molecule has 0 aliphatic rings. The quantitative estimate of drug-likeness (QED) is 0.654. The lowest BCUT2D eigenvalue weighted by Crippen LogP contribution is -2.28. The summed E-state index contributed by atoms with van der Waals surface area (Å²) in [5.41, 5.74) is 0.340. The predicted octanol–water partition coefficient (Wildman–Crippen LogP) is 1.35. The second-order valence-electron chi connectivity index (χ2n) is 4.23. The van der Waals surface area contributed by atoms with Crippen molar-refractivity contribution in [2.75, 3.05) is 27.2 Å². The van der Waals surface area contributed by atoms with E-state index in [1.807, 2.05) is 0 Å². The molecule has 0 amide bonds. The summed E-state index contributed by atoms with van der Waals surface area (Å²) in [6.45, 7) is 5.88. The van der Waals surface area contributed by atoms with Crippen molar-refractivity contribution in [1.82, 2.24) is 4.90 Å². The first-order valence-electron chi connectivity index (χ1n) is 4.23. The summed E-state index contributed by atoms with van der Waals surface area (Å²) in [7, 11) is 4.17. The molecule has 0 aromatic carbocycles. The number of aliphatic hydroxyl groups is 1. The van der Waals surface area contributed by atoms with Crippen LogP contribution in [0.5, 0.6) is 0 Å². The summed E-state index contributed by atoms with van der Waals surface area (Å²) >= 11 is 0. The van der Waals surface area contributed by atoms with Crippen LogP contribution in [0.3, 0.4) is 0 Å². The molecular formula is C9H21NO. The highest BCUT2D eigenvalue weighted by molar-refractivity contribution is 4.70. The third-order valence-electron chi connectivity index (χ3n) is 1.76. The predicted molar refractivity (Wildman–Crippen MR) is 48.7 cm³/mol. The molecule has 0 bridgehead atoms. The van der Waals surface area contributed by atoms with Crippen LogP contribution >= 0.6 is 0 Å². The van der Waals surface area contributed by atoms with Gasteiger partial charge in [-0.3, -0.25) is 0 Å². The zero-order valence-corrected chi connectivity index (χ0v) is 8.22. The fraction of sp³-hybridized carbons (Fsp3) is 1.00. The molecule has 0 fully saturated rings. The van der Waals surface area contributed by atoms with Crippen molar-refractivity contribution in [3.8, 4) is 0 Å². The largest absolute Gasteiger partial charge is 0.396 e. The molecule has 1 N–H and O–H groups in total. The van der Waals surface area contributed by atoms with Crippen LogP contribution in [0.25, 0.3) is 0 Å². The van der Waals surface area contributed by atoms with Crippen LogP contribution in [0, 0.1) is 5.41 Å². The average molecular weight is 159 g/mol. The molecule has 2 heteroatoms. The monoisotopic (exact) mass is 159 g/mol. The highest BCUT2D eigenvalue weighted by Gasteiger charge is 2.17. The lowest BCUT2D eigenvalue weighted by Gasteiger charge is -2.27. The first-order chi connectivity index (χ1) is 4.98. The van der Waals surface area contributed by atoms with Gasteiger partial charge in [0.05, 0.1) is 0 Å². The zero-order chi connectivity index (χ0) is 8.91. The molecule has 0 aromatic rings. The lowest BCUT2D eigenvalue weighted by molar-refractivity contribution is 0.196. The van der Waals surface area contributed by atoms with Gasteiger partial charge in [0.15, 0.2) is 0 Å². The van der Waals surface area contributed by atoms with Crippen molar-refractivity contribution in [3.63, 3.8) is 0 Å². The zero-order valence-electron chi connectivity index (χ0n) is 8.22. The van der Waals surface area contributed by atoms with Gasteiger partial charge in [0.25, 0.3) is 0 Å². The van der Waals surface area contributed by atoms with Gasteiger partial charge in [0.2, 0.25) is 0 Å². The molecule has 11 heavy (non-hydrogen) atoms. The van der Waals surface area contributed by atoms with Gasteiger partial charge in [-0.1, -0.05) is 13.8 Å². The summed E-state index contributed by atoms with van der Waals surface area (Å²) < 4.78 is 0. The summed E-state index contributed by atoms with van der Waals surface area (Å²) in [6, 6.07) is 0. The Morgan fingerprint density at radius 3 is 2.18 bits per heavy atom. The van der Waals surface area contributed by atoms with Crippen molar-refractivity contribution in [2.45, 2.75) is 26.7 Å². The number of aliphatic hydroxyl groups excluding tert-OH is 1. The van der Waals surface area contributed by atoms with E-state index in [2.05, 4.69) is 32.8 Å². The molecule has 0 spiro atoms. The van der Waals surface area contributed by atoms with Crippen LogP contribution in [-0.2, 0) is 0 Å². The van der Waals surface area contributed by atoms with Crippen LogP contribution in [0.4, 0.5) is 0 Å². The molecule has 0 atom stereocenters. The maximum atomic E-state index is 8.65. The second kappa shape index (κ2) is 4.73. The third-order valence-corrected chi connectivity index (χ3v) is 1.76. The standard InChI is InChI=1S/C9H21NO/c1-9(2,6-5-7-11)8-10(3)4/h11H,5-8H2,1-4H3. The van der Waals surface area contributed by atoms with Gasteiger partial charge in [-0.2, -0.15) is 0 Å². The van der Waals surface area contributed by atoms with E-state index in [-0.39, 0.29) is 0 Å². The third kappa shape index (κ3) is 6.32. The van der Waals surface area contributed by atoms with Gasteiger partial charge in [-0.25, -0.2) is 0 Å². The van der Waals surface area contributed by atoms with E-state index in [9.17, 15) is 0 Å². The Bertz CT molecular complexity index is 99.7. The SMILES string of the molecule is CN(C)CC(C)(C)CCCO. The number of rotatable bonds is 5. The number of nitrogens with zero attached hydrogens (tertiary/aromatic N) is 1. The van der Waals surface area contributed by atoms with E-state index < -0.39 is 0 Å². The Morgan fingerprint density at radius 1 is 1.27 bits per heavy atom. The van der Waals surface area contributed by atoms with Crippen LogP contribution in [-0.4, -0.2) is 37.3 Å².